The van der Waals surface area contributed by atoms with Gasteiger partial charge in [0, 0.05) is 16.9 Å². The van der Waals surface area contributed by atoms with Crippen LogP contribution in [-0.4, -0.2) is 39.4 Å². The Labute approximate surface area is 223 Å². The van der Waals surface area contributed by atoms with E-state index in [9.17, 15) is 4.79 Å². The number of anilines is 5. The van der Waals surface area contributed by atoms with Crippen LogP contribution in [0.1, 0.15) is 16.1 Å². The van der Waals surface area contributed by atoms with E-state index >= 15 is 0 Å². The van der Waals surface area contributed by atoms with Crippen molar-refractivity contribution in [1.82, 2.24) is 15.0 Å². The lowest BCUT2D eigenvalue weighted by Gasteiger charge is -2.10. The molecule has 0 aliphatic rings. The summed E-state index contributed by atoms with van der Waals surface area (Å²) in [5.41, 5.74) is 5.34. The fourth-order valence-electron chi connectivity index (χ4n) is 3.50. The highest BCUT2D eigenvalue weighted by Crippen LogP contribution is 2.23. The summed E-state index contributed by atoms with van der Waals surface area (Å²) in [6.45, 7) is 0. The zero-order valence-corrected chi connectivity index (χ0v) is 20.7. The second-order valence-corrected chi connectivity index (χ2v) is 8.11. The van der Waals surface area contributed by atoms with E-state index < -0.39 is 5.97 Å². The Morgan fingerprint density at radius 3 is 2.10 bits per heavy atom. The number of nitrogens with one attached hydrogen (secondary N) is 3. The van der Waals surface area contributed by atoms with E-state index in [1.54, 1.807) is 31.4 Å². The molecule has 3 aromatic carbocycles. The number of rotatable bonds is 10. The Kier molecular flexibility index (Phi) is 7.40. The molecule has 0 aliphatic carbocycles. The number of hydrogen-bond donors (Lipinski definition) is 4. The number of para-hydroxylation sites is 1. The number of furan rings is 1. The van der Waals surface area contributed by atoms with Crippen molar-refractivity contribution in [2.75, 3.05) is 23.2 Å². The molecule has 11 heteroatoms. The van der Waals surface area contributed by atoms with Gasteiger partial charge >= 0.3 is 5.97 Å². The molecule has 0 saturated carbocycles. The maximum absolute atomic E-state index is 11.1. The number of methoxy groups -OCH3 is 1. The summed E-state index contributed by atoms with van der Waals surface area (Å²) in [5.74, 6) is 1.63. The molecule has 0 spiro atoms. The van der Waals surface area contributed by atoms with Gasteiger partial charge in [0.25, 0.3) is 0 Å². The number of carboxylic acids is 1. The van der Waals surface area contributed by atoms with Gasteiger partial charge in [-0.15, -0.1) is 0 Å². The van der Waals surface area contributed by atoms with E-state index in [-0.39, 0.29) is 11.5 Å². The lowest BCUT2D eigenvalue weighted by molar-refractivity contribution is 0.0697. The van der Waals surface area contributed by atoms with Crippen molar-refractivity contribution in [1.29, 1.82) is 0 Å². The standard InChI is InChI=1S/C28H23N7O4/c1-38-22-13-11-21(12-14-22)31-27-32-26(30-20-5-3-2-4-6-20)33-28(34-27)35-29-17-23-15-16-24(39-23)18-7-9-19(10-8-18)25(36)37/h2-17H,1H3,(H,36,37)(H3,30,31,32,33,34,35)/b29-17-. The summed E-state index contributed by atoms with van der Waals surface area (Å²) in [4.78, 5) is 24.3. The zero-order valence-electron chi connectivity index (χ0n) is 20.7. The average Bonchev–Trinajstić information content (AvgIpc) is 3.43. The molecule has 2 heterocycles. The first kappa shape index (κ1) is 25.0. The number of aromatic carboxylic acids is 1. The third-order valence-corrected chi connectivity index (χ3v) is 5.41. The molecule has 11 nitrogen and oxygen atoms in total. The number of ether oxygens (including phenoxy) is 1. The molecule has 4 N–H and O–H groups in total. The van der Waals surface area contributed by atoms with E-state index in [4.69, 9.17) is 14.3 Å². The van der Waals surface area contributed by atoms with Gasteiger partial charge in [0.2, 0.25) is 17.8 Å². The Morgan fingerprint density at radius 1 is 0.821 bits per heavy atom. The molecule has 0 atom stereocenters. The van der Waals surface area contributed by atoms with Crippen molar-refractivity contribution in [3.05, 3.63) is 102 Å². The van der Waals surface area contributed by atoms with Crippen molar-refractivity contribution in [2.45, 2.75) is 0 Å². The van der Waals surface area contributed by atoms with Crippen LogP contribution >= 0.6 is 0 Å². The molecule has 194 valence electrons. The second kappa shape index (κ2) is 11.6. The number of carbonyl (C=O) groups is 1. The quantitative estimate of drug-likeness (QED) is 0.132. The Morgan fingerprint density at radius 2 is 1.46 bits per heavy atom. The molecule has 39 heavy (non-hydrogen) atoms. The lowest BCUT2D eigenvalue weighted by atomic mass is 10.1. The Hall–Kier alpha value is -5.71. The summed E-state index contributed by atoms with van der Waals surface area (Å²) < 4.78 is 11.0. The average molecular weight is 522 g/mol. The van der Waals surface area contributed by atoms with E-state index in [1.807, 2.05) is 54.6 Å². The van der Waals surface area contributed by atoms with Crippen LogP contribution in [-0.2, 0) is 0 Å². The molecule has 2 aromatic heterocycles. The zero-order chi connectivity index (χ0) is 27.0. The van der Waals surface area contributed by atoms with Crippen LogP contribution in [0.4, 0.5) is 29.2 Å². The molecule has 0 fully saturated rings. The van der Waals surface area contributed by atoms with Crippen LogP contribution in [0.3, 0.4) is 0 Å². The third-order valence-electron chi connectivity index (χ3n) is 5.41. The first-order valence-corrected chi connectivity index (χ1v) is 11.8. The van der Waals surface area contributed by atoms with Crippen LogP contribution in [0, 0.1) is 0 Å². The topological polar surface area (TPSA) is 147 Å². The first-order chi connectivity index (χ1) is 19.1. The highest BCUT2D eigenvalue weighted by Gasteiger charge is 2.09. The maximum atomic E-state index is 11.1. The number of carboxylic acid groups (broad SMARTS) is 1. The summed E-state index contributed by atoms with van der Waals surface area (Å²) in [7, 11) is 1.61. The van der Waals surface area contributed by atoms with Crippen LogP contribution in [0.2, 0.25) is 0 Å². The number of nitrogens with zero attached hydrogens (tertiary/aromatic N) is 4. The van der Waals surface area contributed by atoms with Crippen molar-refractivity contribution < 1.29 is 19.1 Å². The third kappa shape index (κ3) is 6.54. The summed E-state index contributed by atoms with van der Waals surface area (Å²) in [5, 5.41) is 19.6. The monoisotopic (exact) mass is 521 g/mol. The van der Waals surface area contributed by atoms with E-state index in [0.717, 1.165) is 22.7 Å². The van der Waals surface area contributed by atoms with E-state index in [2.05, 4.69) is 36.1 Å². The van der Waals surface area contributed by atoms with Crippen LogP contribution in [0.5, 0.6) is 5.75 Å². The van der Waals surface area contributed by atoms with Gasteiger partial charge < -0.3 is 24.9 Å². The minimum atomic E-state index is -0.984. The van der Waals surface area contributed by atoms with Crippen LogP contribution in [0.25, 0.3) is 11.3 Å². The summed E-state index contributed by atoms with van der Waals surface area (Å²) in [6, 6.07) is 26.8. The summed E-state index contributed by atoms with van der Waals surface area (Å²) >= 11 is 0. The molecule has 0 radical (unpaired) electrons. The predicted molar refractivity (Wildman–Crippen MR) is 148 cm³/mol. The van der Waals surface area contributed by atoms with Crippen molar-refractivity contribution in [2.24, 2.45) is 5.10 Å². The number of benzene rings is 3. The minimum Gasteiger partial charge on any atom is -0.497 e. The molecule has 5 rings (SSSR count). The van der Waals surface area contributed by atoms with Crippen LogP contribution in [0.15, 0.2) is 101 Å². The maximum Gasteiger partial charge on any atom is 0.335 e. The van der Waals surface area contributed by atoms with E-state index in [1.165, 1.54) is 18.3 Å². The Bertz CT molecular complexity index is 1590. The molecule has 5 aromatic rings. The Balaban J connectivity index is 1.32. The largest absolute Gasteiger partial charge is 0.497 e. The fourth-order valence-corrected chi connectivity index (χ4v) is 3.50. The van der Waals surface area contributed by atoms with Gasteiger partial charge in [-0.3, -0.25) is 0 Å². The highest BCUT2D eigenvalue weighted by molar-refractivity contribution is 5.88. The van der Waals surface area contributed by atoms with Crippen molar-refractivity contribution >= 4 is 41.4 Å². The number of aromatic nitrogens is 3. The molecule has 0 aliphatic heterocycles. The lowest BCUT2D eigenvalue weighted by Crippen LogP contribution is -2.07. The summed E-state index contributed by atoms with van der Waals surface area (Å²) in [6.07, 6.45) is 1.49. The van der Waals surface area contributed by atoms with Gasteiger partial charge in [0.05, 0.1) is 18.9 Å². The van der Waals surface area contributed by atoms with Gasteiger partial charge in [-0.05, 0) is 60.7 Å². The highest BCUT2D eigenvalue weighted by atomic mass is 16.5. The fraction of sp³-hybridized carbons (Fsp3) is 0.0357. The minimum absolute atomic E-state index is 0.201. The molecule has 0 unspecified atom stereocenters. The van der Waals surface area contributed by atoms with Gasteiger partial charge in [-0.2, -0.15) is 20.1 Å². The molecular formula is C28H23N7O4. The van der Waals surface area contributed by atoms with Crippen molar-refractivity contribution in [3.63, 3.8) is 0 Å². The second-order valence-electron chi connectivity index (χ2n) is 8.11. The molecule has 0 amide bonds. The van der Waals surface area contributed by atoms with Gasteiger partial charge in [0.15, 0.2) is 0 Å². The smallest absolute Gasteiger partial charge is 0.335 e. The normalized spacial score (nSPS) is 10.8. The van der Waals surface area contributed by atoms with E-state index in [0.29, 0.717) is 23.4 Å². The molecule has 0 bridgehead atoms. The van der Waals surface area contributed by atoms with Crippen molar-refractivity contribution in [3.8, 4) is 17.1 Å². The van der Waals surface area contributed by atoms with Crippen LogP contribution < -0.4 is 20.8 Å². The first-order valence-electron chi connectivity index (χ1n) is 11.8. The molecular weight excluding hydrogens is 498 g/mol. The molecule has 0 saturated heterocycles. The number of hydrogen-bond acceptors (Lipinski definition) is 10. The van der Waals surface area contributed by atoms with Gasteiger partial charge in [0.1, 0.15) is 17.3 Å². The van der Waals surface area contributed by atoms with Gasteiger partial charge in [-0.25, -0.2) is 10.2 Å². The predicted octanol–water partition coefficient (Wildman–Crippen LogP) is 5.77. The number of hydrazone groups is 1. The SMILES string of the molecule is COc1ccc(Nc2nc(N/N=C\c3ccc(-c4ccc(C(=O)O)cc4)o3)nc(Nc3ccccc3)n2)cc1. The van der Waals surface area contributed by atoms with Gasteiger partial charge in [-0.1, -0.05) is 30.3 Å².